The van der Waals surface area contributed by atoms with E-state index in [1.165, 1.54) is 13.0 Å². The summed E-state index contributed by atoms with van der Waals surface area (Å²) in [6.07, 6.45) is 0. The number of hydrogen-bond donors (Lipinski definition) is 3. The van der Waals surface area contributed by atoms with Crippen molar-refractivity contribution in [2.45, 2.75) is 11.1 Å². The van der Waals surface area contributed by atoms with Gasteiger partial charge in [-0.15, -0.1) is 0 Å². The molecule has 2 aromatic rings. The molecule has 0 radical (unpaired) electrons. The predicted molar refractivity (Wildman–Crippen MR) is 71.3 cm³/mol. The van der Waals surface area contributed by atoms with E-state index in [4.69, 9.17) is 5.73 Å². The van der Waals surface area contributed by atoms with E-state index >= 15 is 0 Å². The van der Waals surface area contributed by atoms with Crippen LogP contribution < -0.4 is 15.3 Å². The van der Waals surface area contributed by atoms with Crippen LogP contribution in [0.3, 0.4) is 0 Å². The summed E-state index contributed by atoms with van der Waals surface area (Å²) in [5.74, 6) is -0.634. The Morgan fingerprint density at radius 2 is 2.11 bits per heavy atom. The number of rotatable bonds is 3. The largest absolute Gasteiger partial charge is 0.396 e. The lowest BCUT2D eigenvalue weighted by Gasteiger charge is -2.07. The van der Waals surface area contributed by atoms with Gasteiger partial charge in [0.15, 0.2) is 4.21 Å². The molecular formula is C10H10FN3O3S2. The lowest BCUT2D eigenvalue weighted by atomic mass is 10.3. The summed E-state index contributed by atoms with van der Waals surface area (Å²) < 4.78 is 39.2. The molecule has 9 heteroatoms. The zero-order valence-electron chi connectivity index (χ0n) is 9.73. The van der Waals surface area contributed by atoms with E-state index in [-0.39, 0.29) is 21.3 Å². The fraction of sp³-hybridized carbons (Fsp3) is 0.100. The second kappa shape index (κ2) is 4.67. The topological polar surface area (TPSA) is 105 Å². The van der Waals surface area contributed by atoms with E-state index in [9.17, 15) is 17.6 Å². The van der Waals surface area contributed by atoms with E-state index in [2.05, 4.69) is 9.71 Å². The van der Waals surface area contributed by atoms with Gasteiger partial charge in [-0.1, -0.05) is 11.3 Å². The summed E-state index contributed by atoms with van der Waals surface area (Å²) in [6, 6.07) is 3.46. The van der Waals surface area contributed by atoms with Crippen LogP contribution in [0.25, 0.3) is 0 Å². The lowest BCUT2D eigenvalue weighted by molar-refractivity contribution is 0.602. The average Bonchev–Trinajstić information content (AvgIpc) is 2.63. The maximum atomic E-state index is 13.0. The van der Waals surface area contributed by atoms with Gasteiger partial charge in [-0.2, -0.15) is 0 Å². The first-order valence-corrected chi connectivity index (χ1v) is 7.37. The Kier molecular flexibility index (Phi) is 3.33. The molecule has 0 saturated heterocycles. The van der Waals surface area contributed by atoms with Gasteiger partial charge in [0.05, 0.1) is 11.4 Å². The molecule has 1 aromatic carbocycles. The molecule has 0 atom stereocenters. The highest BCUT2D eigenvalue weighted by Crippen LogP contribution is 2.22. The van der Waals surface area contributed by atoms with Crippen LogP contribution in [0.1, 0.15) is 5.69 Å². The number of anilines is 2. The summed E-state index contributed by atoms with van der Waals surface area (Å²) >= 11 is 0.581. The van der Waals surface area contributed by atoms with Gasteiger partial charge in [-0.25, -0.2) is 12.8 Å². The molecule has 4 N–H and O–H groups in total. The fourth-order valence-corrected chi connectivity index (χ4v) is 3.81. The predicted octanol–water partition coefficient (Wildman–Crippen LogP) is 1.27. The lowest BCUT2D eigenvalue weighted by Crippen LogP contribution is -2.13. The first-order chi connectivity index (χ1) is 8.79. The number of nitrogens with two attached hydrogens (primary N) is 1. The molecule has 6 nitrogen and oxygen atoms in total. The van der Waals surface area contributed by atoms with Crippen molar-refractivity contribution in [2.24, 2.45) is 0 Å². The van der Waals surface area contributed by atoms with Crippen molar-refractivity contribution in [3.8, 4) is 0 Å². The molecule has 0 saturated carbocycles. The molecule has 0 amide bonds. The monoisotopic (exact) mass is 303 g/mol. The number of hydrogen-bond acceptors (Lipinski definition) is 5. The van der Waals surface area contributed by atoms with Crippen LogP contribution in [0.15, 0.2) is 27.2 Å². The van der Waals surface area contributed by atoms with E-state index in [0.717, 1.165) is 12.1 Å². The van der Waals surface area contributed by atoms with Gasteiger partial charge in [-0.3, -0.25) is 9.52 Å². The Balaban J connectivity index is 2.39. The van der Waals surface area contributed by atoms with Crippen LogP contribution in [-0.4, -0.2) is 13.4 Å². The molecule has 1 heterocycles. The number of thiazole rings is 1. The minimum Gasteiger partial charge on any atom is -0.396 e. The van der Waals surface area contributed by atoms with Gasteiger partial charge in [0.1, 0.15) is 5.82 Å². The standard InChI is InChI=1S/C10H10FN3O3S2/c1-5-9(18-10(15)13-5)19(16,17)14-6-2-3-7(11)8(12)4-6/h2-4,14H,12H2,1H3,(H,13,15). The van der Waals surface area contributed by atoms with Gasteiger partial charge in [-0.05, 0) is 25.1 Å². The van der Waals surface area contributed by atoms with Crippen molar-refractivity contribution in [3.05, 3.63) is 39.4 Å². The number of sulfonamides is 1. The molecule has 1 aromatic heterocycles. The van der Waals surface area contributed by atoms with Crippen LogP contribution in [-0.2, 0) is 10.0 Å². The molecule has 2 rings (SSSR count). The maximum Gasteiger partial charge on any atom is 0.306 e. The van der Waals surface area contributed by atoms with Gasteiger partial charge in [0.25, 0.3) is 10.0 Å². The van der Waals surface area contributed by atoms with Crippen molar-refractivity contribution in [1.29, 1.82) is 0 Å². The summed E-state index contributed by atoms with van der Waals surface area (Å²) in [5, 5.41) is 0. The summed E-state index contributed by atoms with van der Waals surface area (Å²) in [6.45, 7) is 1.48. The molecule has 0 spiro atoms. The van der Waals surface area contributed by atoms with Gasteiger partial charge >= 0.3 is 4.87 Å². The van der Waals surface area contributed by atoms with Crippen molar-refractivity contribution in [2.75, 3.05) is 10.5 Å². The number of aromatic amines is 1. The smallest absolute Gasteiger partial charge is 0.306 e. The molecule has 0 unspecified atom stereocenters. The molecule has 0 bridgehead atoms. The van der Waals surface area contributed by atoms with Crippen LogP contribution in [0.2, 0.25) is 0 Å². The number of benzene rings is 1. The third-order valence-electron chi connectivity index (χ3n) is 2.27. The van der Waals surface area contributed by atoms with Crippen LogP contribution in [0.4, 0.5) is 15.8 Å². The van der Waals surface area contributed by atoms with Crippen LogP contribution >= 0.6 is 11.3 Å². The molecule has 19 heavy (non-hydrogen) atoms. The van der Waals surface area contributed by atoms with Crippen LogP contribution in [0.5, 0.6) is 0 Å². The zero-order chi connectivity index (χ0) is 14.2. The first kappa shape index (κ1) is 13.6. The molecule has 0 aliphatic rings. The second-order valence-corrected chi connectivity index (χ2v) is 6.63. The highest BCUT2D eigenvalue weighted by atomic mass is 32.2. The Morgan fingerprint density at radius 1 is 1.42 bits per heavy atom. The molecular weight excluding hydrogens is 293 g/mol. The maximum absolute atomic E-state index is 13.0. The SMILES string of the molecule is Cc1[nH]c(=O)sc1S(=O)(=O)Nc1ccc(F)c(N)c1. The van der Waals surface area contributed by atoms with Gasteiger partial charge in [0, 0.05) is 5.69 Å². The minimum absolute atomic E-state index is 0.111. The van der Waals surface area contributed by atoms with Crippen LogP contribution in [0, 0.1) is 12.7 Å². The number of nitrogen functional groups attached to an aromatic ring is 1. The molecule has 102 valence electrons. The Morgan fingerprint density at radius 3 is 2.63 bits per heavy atom. The summed E-state index contributed by atoms with van der Waals surface area (Å²) in [7, 11) is -3.89. The number of H-pyrrole nitrogens is 1. The molecule has 0 aliphatic heterocycles. The van der Waals surface area contributed by atoms with E-state index in [1.54, 1.807) is 0 Å². The highest BCUT2D eigenvalue weighted by Gasteiger charge is 2.20. The van der Waals surface area contributed by atoms with Crippen molar-refractivity contribution >= 4 is 32.7 Å². The van der Waals surface area contributed by atoms with Crippen molar-refractivity contribution in [3.63, 3.8) is 0 Å². The Hall–Kier alpha value is -1.87. The fourth-order valence-electron chi connectivity index (χ4n) is 1.46. The number of aromatic nitrogens is 1. The average molecular weight is 303 g/mol. The van der Waals surface area contributed by atoms with Crippen molar-refractivity contribution < 1.29 is 12.8 Å². The van der Waals surface area contributed by atoms with E-state index < -0.39 is 20.7 Å². The van der Waals surface area contributed by atoms with E-state index in [0.29, 0.717) is 11.3 Å². The number of aryl methyl sites for hydroxylation is 1. The number of halogens is 1. The van der Waals surface area contributed by atoms with Crippen molar-refractivity contribution in [1.82, 2.24) is 4.98 Å². The zero-order valence-corrected chi connectivity index (χ0v) is 11.4. The second-order valence-electron chi connectivity index (χ2n) is 3.77. The van der Waals surface area contributed by atoms with Gasteiger partial charge in [0.2, 0.25) is 0 Å². The summed E-state index contributed by atoms with van der Waals surface area (Å²) in [4.78, 5) is 13.0. The molecule has 0 fully saturated rings. The normalized spacial score (nSPS) is 11.5. The third-order valence-corrected chi connectivity index (χ3v) is 5.26. The number of nitrogens with one attached hydrogen (secondary N) is 2. The quantitative estimate of drug-likeness (QED) is 0.742. The van der Waals surface area contributed by atoms with E-state index in [1.807, 2.05) is 0 Å². The highest BCUT2D eigenvalue weighted by molar-refractivity contribution is 7.94. The summed E-state index contributed by atoms with van der Waals surface area (Å²) in [5.41, 5.74) is 5.55. The Labute approximate surface area is 112 Å². The third kappa shape index (κ3) is 2.76. The minimum atomic E-state index is -3.89. The van der Waals surface area contributed by atoms with Gasteiger partial charge < -0.3 is 10.7 Å². The first-order valence-electron chi connectivity index (χ1n) is 5.07. The Bertz CT molecular complexity index is 780. The molecule has 0 aliphatic carbocycles.